The van der Waals surface area contributed by atoms with Crippen LogP contribution in [0.2, 0.25) is 0 Å². The zero-order chi connectivity index (χ0) is 18.4. The van der Waals surface area contributed by atoms with E-state index < -0.39 is 36.1 Å². The molecule has 1 saturated heterocycles. The molecule has 0 radical (unpaired) electrons. The summed E-state index contributed by atoms with van der Waals surface area (Å²) in [7, 11) is 0. The lowest BCUT2D eigenvalue weighted by molar-refractivity contribution is -0.158. The van der Waals surface area contributed by atoms with Crippen LogP contribution in [0.1, 0.15) is 32.6 Å². The van der Waals surface area contributed by atoms with Crippen molar-refractivity contribution in [1.29, 1.82) is 0 Å². The van der Waals surface area contributed by atoms with Crippen molar-refractivity contribution in [2.75, 3.05) is 12.5 Å². The van der Waals surface area contributed by atoms with Crippen molar-refractivity contribution in [1.82, 2.24) is 15.2 Å². The molecule has 9 nitrogen and oxygen atoms in total. The second-order valence-corrected chi connectivity index (χ2v) is 6.73. The Balaban J connectivity index is 1.77. The molecule has 3 heterocycles. The van der Waals surface area contributed by atoms with Gasteiger partial charge in [-0.1, -0.05) is 0 Å². The number of esters is 1. The van der Waals surface area contributed by atoms with Crippen LogP contribution in [0.5, 0.6) is 0 Å². The highest BCUT2D eigenvalue weighted by atomic mass is 16.5. The van der Waals surface area contributed by atoms with E-state index >= 15 is 0 Å². The average molecular weight is 346 g/mol. The molecule has 0 saturated carbocycles. The third kappa shape index (κ3) is 3.12. The van der Waals surface area contributed by atoms with Gasteiger partial charge in [0, 0.05) is 6.07 Å². The smallest absolute Gasteiger partial charge is 0.327 e. The third-order valence-corrected chi connectivity index (χ3v) is 3.66. The fraction of sp³-hybridized carbons (Fsp3) is 0.375. The van der Waals surface area contributed by atoms with Crippen molar-refractivity contribution in [3.63, 3.8) is 0 Å². The number of pyridine rings is 1. The van der Waals surface area contributed by atoms with Crippen molar-refractivity contribution in [2.24, 2.45) is 5.41 Å². The van der Waals surface area contributed by atoms with Gasteiger partial charge in [0.05, 0.1) is 5.41 Å². The molecule has 1 aliphatic heterocycles. The molecule has 3 rings (SSSR count). The molecule has 1 atom stereocenters. The fourth-order valence-corrected chi connectivity index (χ4v) is 2.27. The minimum atomic E-state index is -1.00. The summed E-state index contributed by atoms with van der Waals surface area (Å²) in [5.41, 5.74) is 5.81. The number of imide groups is 1. The van der Waals surface area contributed by atoms with Crippen LogP contribution in [-0.2, 0) is 14.3 Å². The number of anilines is 1. The maximum Gasteiger partial charge on any atom is 0.327 e. The number of nitrogen functional groups attached to an aromatic ring is 1. The first kappa shape index (κ1) is 16.7. The number of aromatic nitrogens is 1. The van der Waals surface area contributed by atoms with Crippen LogP contribution >= 0.6 is 0 Å². The summed E-state index contributed by atoms with van der Waals surface area (Å²) in [6.07, 6.45) is 0. The normalized spacial score (nSPS) is 17.9. The molecule has 0 bridgehead atoms. The molecule has 9 heteroatoms. The van der Waals surface area contributed by atoms with E-state index in [9.17, 15) is 14.4 Å². The topological polar surface area (TPSA) is 128 Å². The predicted octanol–water partition coefficient (Wildman–Crippen LogP) is 1.55. The molecule has 132 valence electrons. The molecule has 1 fully saturated rings. The van der Waals surface area contributed by atoms with Crippen LogP contribution in [-0.4, -0.2) is 34.5 Å². The first-order chi connectivity index (χ1) is 11.7. The summed E-state index contributed by atoms with van der Waals surface area (Å²) >= 11 is 0. The third-order valence-electron chi connectivity index (χ3n) is 3.66. The lowest BCUT2D eigenvalue weighted by Gasteiger charge is -2.19. The molecule has 3 N–H and O–H groups in total. The summed E-state index contributed by atoms with van der Waals surface area (Å²) in [5, 5.41) is 2.50. The van der Waals surface area contributed by atoms with E-state index in [4.69, 9.17) is 14.9 Å². The molecule has 1 aliphatic rings. The van der Waals surface area contributed by atoms with Gasteiger partial charge in [-0.05, 0) is 32.9 Å². The second kappa shape index (κ2) is 5.76. The van der Waals surface area contributed by atoms with E-state index in [-0.39, 0.29) is 5.76 Å². The Morgan fingerprint density at radius 3 is 2.80 bits per heavy atom. The number of fused-ring (bicyclic) bond motifs is 1. The Labute approximate surface area is 143 Å². The van der Waals surface area contributed by atoms with Gasteiger partial charge in [-0.25, -0.2) is 14.7 Å². The van der Waals surface area contributed by atoms with Gasteiger partial charge in [-0.15, -0.1) is 0 Å². The molecule has 0 aliphatic carbocycles. The van der Waals surface area contributed by atoms with Gasteiger partial charge in [0.15, 0.2) is 18.4 Å². The predicted molar refractivity (Wildman–Crippen MR) is 87.0 cm³/mol. The molecule has 0 aromatic carbocycles. The van der Waals surface area contributed by atoms with E-state index in [1.807, 2.05) is 0 Å². The minimum Gasteiger partial charge on any atom is -0.457 e. The monoisotopic (exact) mass is 346 g/mol. The van der Waals surface area contributed by atoms with Crippen LogP contribution in [0.15, 0.2) is 22.6 Å². The van der Waals surface area contributed by atoms with E-state index in [1.54, 1.807) is 39.0 Å². The summed E-state index contributed by atoms with van der Waals surface area (Å²) in [6, 6.07) is 3.08. The Kier molecular flexibility index (Phi) is 3.86. The fourth-order valence-electron chi connectivity index (χ4n) is 2.27. The Hall–Kier alpha value is -3.10. The number of amides is 3. The van der Waals surface area contributed by atoms with Crippen molar-refractivity contribution in [3.05, 3.63) is 24.0 Å². The number of hydrogen-bond donors (Lipinski definition) is 2. The van der Waals surface area contributed by atoms with E-state index in [0.717, 1.165) is 4.90 Å². The molecule has 2 aromatic heterocycles. The van der Waals surface area contributed by atoms with Crippen molar-refractivity contribution in [3.8, 4) is 0 Å². The number of nitrogens with zero attached hydrogens (tertiary/aromatic N) is 2. The van der Waals surface area contributed by atoms with Crippen LogP contribution < -0.4 is 11.1 Å². The van der Waals surface area contributed by atoms with Gasteiger partial charge in [0.25, 0.3) is 5.91 Å². The lowest BCUT2D eigenvalue weighted by Crippen LogP contribution is -2.36. The Morgan fingerprint density at radius 1 is 1.40 bits per heavy atom. The number of ether oxygens (including phenoxy) is 1. The van der Waals surface area contributed by atoms with Gasteiger partial charge in [0.1, 0.15) is 17.1 Å². The van der Waals surface area contributed by atoms with Gasteiger partial charge >= 0.3 is 12.0 Å². The highest BCUT2D eigenvalue weighted by Crippen LogP contribution is 2.28. The highest BCUT2D eigenvalue weighted by Gasteiger charge is 2.42. The number of carbonyl (C=O) groups is 3. The van der Waals surface area contributed by atoms with Crippen LogP contribution in [0.25, 0.3) is 11.1 Å². The maximum atomic E-state index is 12.5. The lowest BCUT2D eigenvalue weighted by atomic mass is 9.98. The number of nitrogens with two attached hydrogens (primary N) is 1. The number of hydrogen-bond acceptors (Lipinski definition) is 7. The minimum absolute atomic E-state index is 0.232. The quantitative estimate of drug-likeness (QED) is 0.637. The maximum absolute atomic E-state index is 12.5. The second-order valence-electron chi connectivity index (χ2n) is 6.73. The molecule has 25 heavy (non-hydrogen) atoms. The summed E-state index contributed by atoms with van der Waals surface area (Å²) in [6.45, 7) is 4.58. The van der Waals surface area contributed by atoms with E-state index in [2.05, 4.69) is 10.3 Å². The van der Waals surface area contributed by atoms with Gasteiger partial charge < -0.3 is 20.2 Å². The van der Waals surface area contributed by atoms with E-state index in [1.165, 1.54) is 0 Å². The highest BCUT2D eigenvalue weighted by molar-refractivity contribution is 6.04. The molecule has 3 amide bonds. The van der Waals surface area contributed by atoms with Crippen LogP contribution in [0.4, 0.5) is 10.6 Å². The van der Waals surface area contributed by atoms with Gasteiger partial charge in [-0.3, -0.25) is 9.59 Å². The van der Waals surface area contributed by atoms with Gasteiger partial charge in [-0.2, -0.15) is 0 Å². The first-order valence-corrected chi connectivity index (χ1v) is 7.62. The molecular weight excluding hydrogens is 328 g/mol. The zero-order valence-corrected chi connectivity index (χ0v) is 14.0. The summed E-state index contributed by atoms with van der Waals surface area (Å²) < 4.78 is 10.6. The Bertz CT molecular complexity index is 867. The number of furan rings is 1. The number of nitrogens with one attached hydrogen (secondary N) is 1. The SMILES string of the molecule is CC(C)(C)C(=O)OCN1C(=O)N[C@@H](c2cc3nc(N)ccc3o2)C1=O. The number of urea groups is 1. The van der Waals surface area contributed by atoms with Crippen molar-refractivity contribution < 1.29 is 23.5 Å². The Morgan fingerprint density at radius 2 is 2.12 bits per heavy atom. The number of rotatable bonds is 3. The van der Waals surface area contributed by atoms with Crippen molar-refractivity contribution >= 4 is 34.8 Å². The molecule has 2 aromatic rings. The average Bonchev–Trinajstić information content (AvgIpc) is 3.05. The number of carbonyl (C=O) groups excluding carboxylic acids is 3. The van der Waals surface area contributed by atoms with Gasteiger partial charge in [0.2, 0.25) is 0 Å². The summed E-state index contributed by atoms with van der Waals surface area (Å²) in [4.78, 5) is 41.2. The van der Waals surface area contributed by atoms with Crippen LogP contribution in [0.3, 0.4) is 0 Å². The molecule has 0 spiro atoms. The van der Waals surface area contributed by atoms with Crippen LogP contribution in [0, 0.1) is 5.41 Å². The first-order valence-electron chi connectivity index (χ1n) is 7.62. The molecular formula is C16H18N4O5. The largest absolute Gasteiger partial charge is 0.457 e. The van der Waals surface area contributed by atoms with E-state index in [0.29, 0.717) is 16.9 Å². The zero-order valence-electron chi connectivity index (χ0n) is 14.0. The van der Waals surface area contributed by atoms with Crippen molar-refractivity contribution in [2.45, 2.75) is 26.8 Å². The standard InChI is InChI=1S/C16H18N4O5/c1-16(2,3)14(22)24-7-20-13(21)12(19-15(20)23)10-6-8-9(25-10)4-5-11(17)18-8/h4-6,12H,7H2,1-3H3,(H2,17,18)(H,19,23)/t12-/m0/s1. The summed E-state index contributed by atoms with van der Waals surface area (Å²) in [5.74, 6) is -0.535. The molecule has 0 unspecified atom stereocenters.